The number of amides is 3. The van der Waals surface area contributed by atoms with Crippen LogP contribution in [-0.2, 0) is 9.59 Å². The first-order chi connectivity index (χ1) is 24.8. The first-order valence-electron chi connectivity index (χ1n) is 15.6. The lowest BCUT2D eigenvalue weighted by atomic mass is 10.0. The first kappa shape index (κ1) is 34.5. The van der Waals surface area contributed by atoms with Crippen molar-refractivity contribution < 1.29 is 19.3 Å². The van der Waals surface area contributed by atoms with Crippen LogP contribution >= 0.6 is 23.1 Å². The Bertz CT molecular complexity index is 2210. The zero-order valence-corrected chi connectivity index (χ0v) is 28.4. The molecular formula is C39H29N5O5S2. The van der Waals surface area contributed by atoms with E-state index in [1.54, 1.807) is 72.1 Å². The monoisotopic (exact) mass is 711 g/mol. The fourth-order valence-corrected chi connectivity index (χ4v) is 6.33. The van der Waals surface area contributed by atoms with E-state index in [2.05, 4.69) is 20.9 Å². The topological polar surface area (TPSA) is 143 Å². The molecule has 1 heterocycles. The van der Waals surface area contributed by atoms with Gasteiger partial charge in [0.2, 0.25) is 5.91 Å². The Morgan fingerprint density at radius 3 is 2.14 bits per heavy atom. The molecule has 10 nitrogen and oxygen atoms in total. The zero-order valence-electron chi connectivity index (χ0n) is 26.8. The van der Waals surface area contributed by atoms with Gasteiger partial charge >= 0.3 is 0 Å². The average molecular weight is 712 g/mol. The predicted octanol–water partition coefficient (Wildman–Crippen LogP) is 8.53. The molecule has 0 aliphatic rings. The van der Waals surface area contributed by atoms with Crippen molar-refractivity contribution in [3.63, 3.8) is 0 Å². The quantitative estimate of drug-likeness (QED) is 0.0500. The smallest absolute Gasteiger partial charge is 0.272 e. The third-order valence-electron chi connectivity index (χ3n) is 7.44. The molecule has 0 radical (unpaired) electrons. The van der Waals surface area contributed by atoms with Gasteiger partial charge in [0, 0.05) is 39.2 Å². The fourth-order valence-electron chi connectivity index (χ4n) is 4.89. The number of aromatic nitrogens is 1. The summed E-state index contributed by atoms with van der Waals surface area (Å²) in [5.74, 6) is -1.07. The summed E-state index contributed by atoms with van der Waals surface area (Å²) in [5, 5.41) is 21.6. The highest BCUT2D eigenvalue weighted by Gasteiger charge is 2.16. The highest BCUT2D eigenvalue weighted by molar-refractivity contribution is 8.00. The lowest BCUT2D eigenvalue weighted by Gasteiger charge is -2.12. The van der Waals surface area contributed by atoms with Crippen molar-refractivity contribution in [3.8, 4) is 22.4 Å². The number of anilines is 2. The molecule has 3 amide bonds. The van der Waals surface area contributed by atoms with Gasteiger partial charge in [0.05, 0.1) is 16.4 Å². The molecular weight excluding hydrogens is 683 g/mol. The van der Waals surface area contributed by atoms with Crippen molar-refractivity contribution in [2.45, 2.75) is 4.90 Å². The summed E-state index contributed by atoms with van der Waals surface area (Å²) in [7, 11) is 0. The van der Waals surface area contributed by atoms with Crippen LogP contribution in [0.5, 0.6) is 0 Å². The van der Waals surface area contributed by atoms with E-state index in [1.807, 2.05) is 60.7 Å². The van der Waals surface area contributed by atoms with Crippen molar-refractivity contribution in [2.24, 2.45) is 0 Å². The van der Waals surface area contributed by atoms with Crippen molar-refractivity contribution in [1.29, 1.82) is 0 Å². The van der Waals surface area contributed by atoms with Gasteiger partial charge in [-0.05, 0) is 59.2 Å². The van der Waals surface area contributed by atoms with Crippen molar-refractivity contribution in [3.05, 3.63) is 166 Å². The summed E-state index contributed by atoms with van der Waals surface area (Å²) in [6, 6.07) is 39.4. The third kappa shape index (κ3) is 9.41. The normalized spacial score (nSPS) is 11.0. The molecule has 0 aliphatic heterocycles. The van der Waals surface area contributed by atoms with Crippen LogP contribution in [0.25, 0.3) is 28.5 Å². The zero-order chi connectivity index (χ0) is 35.6. The number of nitro benzene ring substituents is 1. The number of carbonyl (C=O) groups is 3. The van der Waals surface area contributed by atoms with Crippen LogP contribution in [-0.4, -0.2) is 33.4 Å². The largest absolute Gasteiger partial charge is 0.321 e. The van der Waals surface area contributed by atoms with E-state index in [0.29, 0.717) is 27.6 Å². The lowest BCUT2D eigenvalue weighted by molar-refractivity contribution is -0.384. The highest BCUT2D eigenvalue weighted by Crippen LogP contribution is 2.28. The summed E-state index contributed by atoms with van der Waals surface area (Å²) >= 11 is 2.53. The molecule has 0 atom stereocenters. The Balaban J connectivity index is 1.08. The van der Waals surface area contributed by atoms with Crippen LogP contribution in [0.3, 0.4) is 0 Å². The molecule has 0 spiro atoms. The number of nitrogens with zero attached hydrogens (tertiary/aromatic N) is 2. The van der Waals surface area contributed by atoms with E-state index in [-0.39, 0.29) is 23.0 Å². The molecule has 0 fully saturated rings. The minimum atomic E-state index is -0.501. The summed E-state index contributed by atoms with van der Waals surface area (Å²) in [6.07, 6.45) is 1.63. The van der Waals surface area contributed by atoms with Gasteiger partial charge < -0.3 is 16.0 Å². The van der Waals surface area contributed by atoms with E-state index >= 15 is 0 Å². The lowest BCUT2D eigenvalue weighted by Crippen LogP contribution is -2.30. The van der Waals surface area contributed by atoms with Gasteiger partial charge in [-0.15, -0.1) is 23.1 Å². The predicted molar refractivity (Wildman–Crippen MR) is 202 cm³/mol. The van der Waals surface area contributed by atoms with Crippen molar-refractivity contribution in [2.75, 3.05) is 16.4 Å². The van der Waals surface area contributed by atoms with Crippen LogP contribution in [0.15, 0.2) is 149 Å². The number of thiazole rings is 1. The molecule has 0 bridgehead atoms. The molecule has 5 aromatic carbocycles. The van der Waals surface area contributed by atoms with E-state index in [4.69, 9.17) is 0 Å². The number of thioether (sulfide) groups is 1. The SMILES string of the molecule is O=C(CSc1ccc(NC(=O)/C(=C/c2ccc(-c3ccccc3)cc2)NC(=O)c2ccccc2)cc1)Nc1nc(-c2cccc([N+](=O)[O-])c2)cs1. The van der Waals surface area contributed by atoms with E-state index in [9.17, 15) is 24.5 Å². The number of non-ortho nitro benzene ring substituents is 1. The molecule has 51 heavy (non-hydrogen) atoms. The van der Waals surface area contributed by atoms with E-state index in [0.717, 1.165) is 21.6 Å². The van der Waals surface area contributed by atoms with Gasteiger partial charge in [-0.1, -0.05) is 84.9 Å². The first-order valence-corrected chi connectivity index (χ1v) is 17.5. The maximum atomic E-state index is 13.5. The molecule has 0 saturated carbocycles. The number of hydrogen-bond donors (Lipinski definition) is 3. The van der Waals surface area contributed by atoms with Gasteiger partial charge in [0.25, 0.3) is 17.5 Å². The number of carbonyl (C=O) groups excluding carboxylic acids is 3. The molecule has 6 aromatic rings. The maximum absolute atomic E-state index is 13.5. The molecule has 12 heteroatoms. The Kier molecular flexibility index (Phi) is 11.1. The molecule has 6 rings (SSSR count). The second-order valence-corrected chi connectivity index (χ2v) is 12.9. The van der Waals surface area contributed by atoms with E-state index < -0.39 is 16.7 Å². The molecule has 1 aromatic heterocycles. The molecule has 0 saturated heterocycles. The van der Waals surface area contributed by atoms with Crippen LogP contribution in [0, 0.1) is 10.1 Å². The van der Waals surface area contributed by atoms with Crippen LogP contribution in [0.2, 0.25) is 0 Å². The Labute approximate surface area is 301 Å². The number of nitrogens with one attached hydrogen (secondary N) is 3. The third-order valence-corrected chi connectivity index (χ3v) is 9.21. The minimum Gasteiger partial charge on any atom is -0.321 e. The minimum absolute atomic E-state index is 0.0372. The Morgan fingerprint density at radius 2 is 1.43 bits per heavy atom. The number of benzene rings is 5. The standard InChI is InChI=1S/C39H29N5O5S2/c45-36(43-39-42-35(24-51-39)30-12-7-13-32(23-30)44(48)49)25-50-33-20-18-31(19-21-33)40-38(47)34(41-37(46)29-10-5-2-6-11-29)22-26-14-16-28(17-15-26)27-8-3-1-4-9-27/h1-24H,25H2,(H,40,47)(H,41,46)(H,42,43,45)/b34-22-. The van der Waals surface area contributed by atoms with Gasteiger partial charge in [-0.2, -0.15) is 0 Å². The van der Waals surface area contributed by atoms with E-state index in [1.165, 1.54) is 35.2 Å². The fraction of sp³-hybridized carbons (Fsp3) is 0.0256. The summed E-state index contributed by atoms with van der Waals surface area (Å²) in [5.41, 5.74) is 4.90. The second kappa shape index (κ2) is 16.4. The maximum Gasteiger partial charge on any atom is 0.272 e. The summed E-state index contributed by atoms with van der Waals surface area (Å²) in [4.78, 5) is 55.0. The van der Waals surface area contributed by atoms with Gasteiger partial charge in [-0.3, -0.25) is 24.5 Å². The molecule has 3 N–H and O–H groups in total. The Hall–Kier alpha value is -6.37. The highest BCUT2D eigenvalue weighted by atomic mass is 32.2. The van der Waals surface area contributed by atoms with Gasteiger partial charge in [0.1, 0.15) is 5.70 Å². The van der Waals surface area contributed by atoms with Gasteiger partial charge in [0.15, 0.2) is 5.13 Å². The molecule has 0 unspecified atom stereocenters. The van der Waals surface area contributed by atoms with Crippen LogP contribution in [0.1, 0.15) is 15.9 Å². The van der Waals surface area contributed by atoms with Gasteiger partial charge in [-0.25, -0.2) is 4.98 Å². The summed E-state index contributed by atoms with van der Waals surface area (Å²) < 4.78 is 0. The van der Waals surface area contributed by atoms with Crippen molar-refractivity contribution >= 4 is 63.4 Å². The van der Waals surface area contributed by atoms with Crippen LogP contribution < -0.4 is 16.0 Å². The number of nitro groups is 1. The number of rotatable bonds is 12. The molecule has 0 aliphatic carbocycles. The second-order valence-electron chi connectivity index (χ2n) is 11.0. The number of hydrogen-bond acceptors (Lipinski definition) is 8. The Morgan fingerprint density at radius 1 is 0.765 bits per heavy atom. The summed E-state index contributed by atoms with van der Waals surface area (Å²) in [6.45, 7) is 0. The van der Waals surface area contributed by atoms with Crippen LogP contribution in [0.4, 0.5) is 16.5 Å². The van der Waals surface area contributed by atoms with Crippen molar-refractivity contribution in [1.82, 2.24) is 10.3 Å². The average Bonchev–Trinajstić information content (AvgIpc) is 3.63. The molecule has 252 valence electrons.